The van der Waals surface area contributed by atoms with Crippen LogP contribution in [0.5, 0.6) is 0 Å². The number of benzene rings is 1. The Morgan fingerprint density at radius 3 is 2.60 bits per heavy atom. The highest BCUT2D eigenvalue weighted by atomic mass is 32.2. The van der Waals surface area contributed by atoms with Gasteiger partial charge in [-0.1, -0.05) is 31.5 Å². The molecule has 0 aliphatic carbocycles. The van der Waals surface area contributed by atoms with E-state index in [4.69, 9.17) is 5.11 Å². The predicted molar refractivity (Wildman–Crippen MR) is 63.2 cm³/mol. The van der Waals surface area contributed by atoms with Crippen molar-refractivity contribution in [3.05, 3.63) is 30.3 Å². The van der Waals surface area contributed by atoms with Gasteiger partial charge in [0.25, 0.3) is 0 Å². The van der Waals surface area contributed by atoms with Gasteiger partial charge in [-0.25, -0.2) is 0 Å². The first-order valence-electron chi connectivity index (χ1n) is 5.12. The minimum Gasteiger partial charge on any atom is -0.481 e. The second-order valence-electron chi connectivity index (χ2n) is 3.50. The summed E-state index contributed by atoms with van der Waals surface area (Å²) in [6.45, 7) is 2.04. The molecule has 0 saturated heterocycles. The zero-order chi connectivity index (χ0) is 11.1. The van der Waals surface area contributed by atoms with Crippen molar-refractivity contribution in [1.82, 2.24) is 0 Å². The van der Waals surface area contributed by atoms with Crippen LogP contribution in [-0.2, 0) is 4.79 Å². The van der Waals surface area contributed by atoms with Gasteiger partial charge in [0.1, 0.15) is 0 Å². The van der Waals surface area contributed by atoms with Crippen molar-refractivity contribution in [2.45, 2.75) is 24.7 Å². The first-order chi connectivity index (χ1) is 7.22. The normalized spacial score (nSPS) is 12.3. The molecule has 0 saturated carbocycles. The smallest absolute Gasteiger partial charge is 0.303 e. The van der Waals surface area contributed by atoms with E-state index in [1.54, 1.807) is 11.8 Å². The van der Waals surface area contributed by atoms with E-state index < -0.39 is 5.97 Å². The summed E-state index contributed by atoms with van der Waals surface area (Å²) in [5.41, 5.74) is 0. The van der Waals surface area contributed by atoms with Gasteiger partial charge in [-0.15, -0.1) is 11.8 Å². The van der Waals surface area contributed by atoms with Crippen molar-refractivity contribution in [2.75, 3.05) is 5.75 Å². The monoisotopic (exact) mass is 224 g/mol. The quantitative estimate of drug-likeness (QED) is 0.753. The third-order valence-electron chi connectivity index (χ3n) is 2.27. The number of carbonyl (C=O) groups is 1. The molecule has 0 radical (unpaired) electrons. The van der Waals surface area contributed by atoms with Gasteiger partial charge in [0.05, 0.1) is 0 Å². The minimum atomic E-state index is -0.699. The van der Waals surface area contributed by atoms with Gasteiger partial charge in [-0.3, -0.25) is 4.79 Å². The largest absolute Gasteiger partial charge is 0.481 e. The van der Waals surface area contributed by atoms with Crippen LogP contribution in [-0.4, -0.2) is 16.8 Å². The van der Waals surface area contributed by atoms with Crippen molar-refractivity contribution < 1.29 is 9.90 Å². The van der Waals surface area contributed by atoms with Gasteiger partial charge in [-0.05, 0) is 18.1 Å². The number of hydrogen-bond acceptors (Lipinski definition) is 2. The van der Waals surface area contributed by atoms with Crippen LogP contribution in [0.4, 0.5) is 0 Å². The molecule has 1 aromatic carbocycles. The number of carboxylic acid groups (broad SMARTS) is 1. The third-order valence-corrected chi connectivity index (χ3v) is 3.51. The van der Waals surface area contributed by atoms with Gasteiger partial charge >= 0.3 is 5.97 Å². The van der Waals surface area contributed by atoms with Crippen molar-refractivity contribution in [3.63, 3.8) is 0 Å². The molecule has 0 spiro atoms. The van der Waals surface area contributed by atoms with Gasteiger partial charge in [-0.2, -0.15) is 0 Å². The molecule has 0 fully saturated rings. The van der Waals surface area contributed by atoms with Crippen molar-refractivity contribution >= 4 is 17.7 Å². The number of aliphatic carboxylic acids is 1. The van der Waals surface area contributed by atoms with Crippen LogP contribution in [0.1, 0.15) is 19.8 Å². The lowest BCUT2D eigenvalue weighted by Gasteiger charge is -2.11. The highest BCUT2D eigenvalue weighted by Gasteiger charge is 2.11. The molecule has 2 nitrogen and oxygen atoms in total. The zero-order valence-electron chi connectivity index (χ0n) is 8.85. The van der Waals surface area contributed by atoms with Crippen molar-refractivity contribution in [2.24, 2.45) is 5.92 Å². The predicted octanol–water partition coefficient (Wildman–Crippen LogP) is 3.28. The van der Waals surface area contributed by atoms with Gasteiger partial charge in [0.15, 0.2) is 0 Å². The fraction of sp³-hybridized carbons (Fsp3) is 0.417. The molecule has 0 aromatic heterocycles. The van der Waals surface area contributed by atoms with E-state index in [0.29, 0.717) is 0 Å². The second-order valence-corrected chi connectivity index (χ2v) is 4.59. The molecule has 1 rings (SSSR count). The average Bonchev–Trinajstić information content (AvgIpc) is 2.25. The molecule has 3 heteroatoms. The highest BCUT2D eigenvalue weighted by molar-refractivity contribution is 7.99. The lowest BCUT2D eigenvalue weighted by Crippen LogP contribution is -2.09. The topological polar surface area (TPSA) is 37.3 Å². The maximum absolute atomic E-state index is 10.6. The molecular weight excluding hydrogens is 208 g/mol. The molecule has 0 bridgehead atoms. The Morgan fingerprint density at radius 1 is 1.40 bits per heavy atom. The van der Waals surface area contributed by atoms with E-state index in [1.807, 2.05) is 25.1 Å². The number of hydrogen-bond donors (Lipinski definition) is 1. The Labute approximate surface area is 94.7 Å². The van der Waals surface area contributed by atoms with Crippen LogP contribution in [0.3, 0.4) is 0 Å². The molecule has 0 heterocycles. The van der Waals surface area contributed by atoms with Crippen LogP contribution in [0.25, 0.3) is 0 Å². The molecule has 1 aromatic rings. The van der Waals surface area contributed by atoms with E-state index in [-0.39, 0.29) is 12.3 Å². The van der Waals surface area contributed by atoms with E-state index >= 15 is 0 Å². The summed E-state index contributed by atoms with van der Waals surface area (Å²) in [4.78, 5) is 11.8. The van der Waals surface area contributed by atoms with E-state index in [1.165, 1.54) is 4.90 Å². The number of thioether (sulfide) groups is 1. The first-order valence-corrected chi connectivity index (χ1v) is 6.10. The third kappa shape index (κ3) is 4.88. The Balaban J connectivity index is 2.37. The zero-order valence-corrected chi connectivity index (χ0v) is 9.67. The van der Waals surface area contributed by atoms with Gasteiger partial charge < -0.3 is 5.11 Å². The fourth-order valence-corrected chi connectivity index (χ4v) is 2.43. The maximum Gasteiger partial charge on any atom is 0.303 e. The van der Waals surface area contributed by atoms with E-state index in [2.05, 4.69) is 12.1 Å². The summed E-state index contributed by atoms with van der Waals surface area (Å²) in [5.74, 6) is 0.454. The summed E-state index contributed by atoms with van der Waals surface area (Å²) in [6, 6.07) is 10.1. The lowest BCUT2D eigenvalue weighted by molar-refractivity contribution is -0.137. The molecular formula is C12H16O2S. The molecule has 0 aliphatic rings. The summed E-state index contributed by atoms with van der Waals surface area (Å²) < 4.78 is 0. The Bertz CT molecular complexity index is 298. The van der Waals surface area contributed by atoms with Crippen molar-refractivity contribution in [1.29, 1.82) is 0 Å². The van der Waals surface area contributed by atoms with E-state index in [9.17, 15) is 4.79 Å². The molecule has 1 atom stereocenters. The van der Waals surface area contributed by atoms with Crippen molar-refractivity contribution in [3.8, 4) is 0 Å². The SMILES string of the molecule is CCC(CSc1ccccc1)CC(=O)O. The standard InChI is InChI=1S/C12H16O2S/c1-2-10(8-12(13)14)9-15-11-6-4-3-5-7-11/h3-7,10H,2,8-9H2,1H3,(H,13,14). The fourth-order valence-electron chi connectivity index (χ4n) is 1.30. The summed E-state index contributed by atoms with van der Waals surface area (Å²) in [7, 11) is 0. The van der Waals surface area contributed by atoms with Crippen LogP contribution >= 0.6 is 11.8 Å². The molecule has 1 N–H and O–H groups in total. The van der Waals surface area contributed by atoms with Crippen LogP contribution in [0, 0.1) is 5.92 Å². The Morgan fingerprint density at radius 2 is 2.07 bits per heavy atom. The summed E-state index contributed by atoms with van der Waals surface area (Å²) >= 11 is 1.73. The minimum absolute atomic E-state index is 0.271. The second kappa shape index (κ2) is 6.51. The number of carboxylic acids is 1. The molecule has 0 amide bonds. The lowest BCUT2D eigenvalue weighted by atomic mass is 10.1. The first kappa shape index (κ1) is 12.1. The Kier molecular flexibility index (Phi) is 5.26. The summed E-state index contributed by atoms with van der Waals surface area (Å²) in [5, 5.41) is 8.70. The molecule has 0 aliphatic heterocycles. The highest BCUT2D eigenvalue weighted by Crippen LogP contribution is 2.23. The van der Waals surface area contributed by atoms with Crippen LogP contribution < -0.4 is 0 Å². The average molecular weight is 224 g/mol. The van der Waals surface area contributed by atoms with E-state index in [0.717, 1.165) is 12.2 Å². The van der Waals surface area contributed by atoms with Gasteiger partial charge in [0, 0.05) is 17.1 Å². The number of rotatable bonds is 6. The Hall–Kier alpha value is -0.960. The maximum atomic E-state index is 10.6. The summed E-state index contributed by atoms with van der Waals surface area (Å²) in [6.07, 6.45) is 1.20. The molecule has 1 unspecified atom stereocenters. The molecule has 15 heavy (non-hydrogen) atoms. The van der Waals surface area contributed by atoms with Gasteiger partial charge in [0.2, 0.25) is 0 Å². The van der Waals surface area contributed by atoms with Crippen LogP contribution in [0.15, 0.2) is 35.2 Å². The van der Waals surface area contributed by atoms with Crippen LogP contribution in [0.2, 0.25) is 0 Å². The molecule has 82 valence electrons.